The number of anilines is 1. The van der Waals surface area contributed by atoms with E-state index in [4.69, 9.17) is 21.1 Å². The SMILES string of the molecule is COc1cc(/C=N\NC(=O)CN(c2ccc(C)c(Cl)c2)S(C)(=O)=O)cc(Br)c1OC. The molecule has 2 aromatic carbocycles. The van der Waals surface area contributed by atoms with Crippen molar-refractivity contribution in [2.24, 2.45) is 5.10 Å². The normalized spacial score (nSPS) is 11.4. The number of hydrogen-bond acceptors (Lipinski definition) is 6. The number of rotatable bonds is 8. The van der Waals surface area contributed by atoms with Crippen molar-refractivity contribution in [1.82, 2.24) is 5.43 Å². The number of nitrogens with zero attached hydrogens (tertiary/aromatic N) is 2. The van der Waals surface area contributed by atoms with Crippen LogP contribution in [0.25, 0.3) is 0 Å². The number of carbonyl (C=O) groups is 1. The van der Waals surface area contributed by atoms with Crippen LogP contribution in [0.5, 0.6) is 11.5 Å². The number of nitrogens with one attached hydrogen (secondary N) is 1. The first-order valence-corrected chi connectivity index (χ1v) is 11.6. The number of hydrazone groups is 1. The third-order valence-corrected chi connectivity index (χ3v) is 6.13. The molecule has 0 fully saturated rings. The van der Waals surface area contributed by atoms with Gasteiger partial charge in [0.25, 0.3) is 5.91 Å². The third kappa shape index (κ3) is 6.10. The Hall–Kier alpha value is -2.30. The lowest BCUT2D eigenvalue weighted by atomic mass is 10.2. The van der Waals surface area contributed by atoms with E-state index in [9.17, 15) is 13.2 Å². The zero-order chi connectivity index (χ0) is 22.5. The minimum Gasteiger partial charge on any atom is -0.493 e. The zero-order valence-electron chi connectivity index (χ0n) is 16.8. The van der Waals surface area contributed by atoms with Gasteiger partial charge in [0.05, 0.1) is 36.9 Å². The topological polar surface area (TPSA) is 97.3 Å². The van der Waals surface area contributed by atoms with E-state index >= 15 is 0 Å². The Morgan fingerprint density at radius 3 is 2.53 bits per heavy atom. The molecule has 30 heavy (non-hydrogen) atoms. The van der Waals surface area contributed by atoms with Crippen molar-refractivity contribution in [3.05, 3.63) is 51.0 Å². The number of hydrogen-bond donors (Lipinski definition) is 1. The van der Waals surface area contributed by atoms with Crippen molar-refractivity contribution in [2.45, 2.75) is 6.92 Å². The van der Waals surface area contributed by atoms with Gasteiger partial charge in [-0.05, 0) is 58.2 Å². The van der Waals surface area contributed by atoms with Crippen molar-refractivity contribution in [1.29, 1.82) is 0 Å². The molecular formula is C19H21BrClN3O5S. The number of aryl methyl sites for hydroxylation is 1. The summed E-state index contributed by atoms with van der Waals surface area (Å²) in [6, 6.07) is 8.17. The van der Waals surface area contributed by atoms with E-state index in [1.807, 2.05) is 0 Å². The summed E-state index contributed by atoms with van der Waals surface area (Å²) in [5, 5.41) is 4.29. The Morgan fingerprint density at radius 2 is 1.97 bits per heavy atom. The molecule has 0 heterocycles. The second kappa shape index (κ2) is 10.1. The molecule has 2 rings (SSSR count). The molecule has 0 saturated heterocycles. The van der Waals surface area contributed by atoms with Crippen LogP contribution in [0.2, 0.25) is 5.02 Å². The lowest BCUT2D eigenvalue weighted by molar-refractivity contribution is -0.119. The molecule has 162 valence electrons. The minimum atomic E-state index is -3.72. The number of amides is 1. The molecule has 0 spiro atoms. The van der Waals surface area contributed by atoms with Crippen molar-refractivity contribution in [3.63, 3.8) is 0 Å². The van der Waals surface area contributed by atoms with Gasteiger partial charge in [0.1, 0.15) is 6.54 Å². The fourth-order valence-corrected chi connectivity index (χ4v) is 4.14. The summed E-state index contributed by atoms with van der Waals surface area (Å²) in [5.41, 5.74) is 4.03. The average molecular weight is 519 g/mol. The monoisotopic (exact) mass is 517 g/mol. The molecule has 1 N–H and O–H groups in total. The number of benzene rings is 2. The summed E-state index contributed by atoms with van der Waals surface area (Å²) in [6.07, 6.45) is 2.41. The van der Waals surface area contributed by atoms with Gasteiger partial charge in [-0.2, -0.15) is 5.10 Å². The van der Waals surface area contributed by atoms with Gasteiger partial charge in [-0.25, -0.2) is 13.8 Å². The molecular weight excluding hydrogens is 498 g/mol. The van der Waals surface area contributed by atoms with E-state index in [2.05, 4.69) is 26.5 Å². The van der Waals surface area contributed by atoms with E-state index in [1.165, 1.54) is 26.5 Å². The number of sulfonamides is 1. The van der Waals surface area contributed by atoms with Crippen LogP contribution in [0.1, 0.15) is 11.1 Å². The summed E-state index contributed by atoms with van der Waals surface area (Å²) < 4.78 is 36.4. The Kier molecular flexibility index (Phi) is 8.10. The molecule has 0 bridgehead atoms. The van der Waals surface area contributed by atoms with Crippen LogP contribution in [0.3, 0.4) is 0 Å². The van der Waals surface area contributed by atoms with Gasteiger partial charge in [-0.15, -0.1) is 0 Å². The number of methoxy groups -OCH3 is 2. The molecule has 0 aliphatic carbocycles. The van der Waals surface area contributed by atoms with E-state index < -0.39 is 22.5 Å². The Balaban J connectivity index is 2.15. The Morgan fingerprint density at radius 1 is 1.27 bits per heavy atom. The molecule has 0 aliphatic heterocycles. The van der Waals surface area contributed by atoms with Crippen LogP contribution < -0.4 is 19.2 Å². The van der Waals surface area contributed by atoms with Gasteiger partial charge in [-0.3, -0.25) is 9.10 Å². The number of carbonyl (C=O) groups excluding carboxylic acids is 1. The molecule has 0 radical (unpaired) electrons. The van der Waals surface area contributed by atoms with Gasteiger partial charge in [0.2, 0.25) is 10.0 Å². The summed E-state index contributed by atoms with van der Waals surface area (Å²) in [5.74, 6) is 0.395. The van der Waals surface area contributed by atoms with Crippen LogP contribution in [0.4, 0.5) is 5.69 Å². The summed E-state index contributed by atoms with van der Waals surface area (Å²) in [7, 11) is -0.694. The summed E-state index contributed by atoms with van der Waals surface area (Å²) >= 11 is 9.46. The van der Waals surface area contributed by atoms with Gasteiger partial charge >= 0.3 is 0 Å². The zero-order valence-corrected chi connectivity index (χ0v) is 19.9. The van der Waals surface area contributed by atoms with E-state index in [0.717, 1.165) is 16.1 Å². The minimum absolute atomic E-state index is 0.288. The van der Waals surface area contributed by atoms with Crippen molar-refractivity contribution in [2.75, 3.05) is 31.3 Å². The molecule has 0 atom stereocenters. The highest BCUT2D eigenvalue weighted by Gasteiger charge is 2.21. The lowest BCUT2D eigenvalue weighted by Crippen LogP contribution is -2.39. The molecule has 0 saturated carbocycles. The van der Waals surface area contributed by atoms with Gasteiger partial charge in [-0.1, -0.05) is 17.7 Å². The van der Waals surface area contributed by atoms with E-state index in [1.54, 1.807) is 31.2 Å². The first-order valence-electron chi connectivity index (χ1n) is 8.54. The fraction of sp³-hybridized carbons (Fsp3) is 0.263. The molecule has 11 heteroatoms. The molecule has 1 amide bonds. The molecule has 0 aromatic heterocycles. The largest absolute Gasteiger partial charge is 0.493 e. The van der Waals surface area contributed by atoms with Gasteiger partial charge in [0.15, 0.2) is 11.5 Å². The molecule has 8 nitrogen and oxygen atoms in total. The van der Waals surface area contributed by atoms with Crippen LogP contribution in [-0.4, -0.2) is 47.6 Å². The van der Waals surface area contributed by atoms with Gasteiger partial charge < -0.3 is 9.47 Å². The first-order chi connectivity index (χ1) is 14.1. The van der Waals surface area contributed by atoms with Crippen LogP contribution in [0.15, 0.2) is 39.9 Å². The number of halogens is 2. The van der Waals surface area contributed by atoms with Crippen LogP contribution >= 0.6 is 27.5 Å². The highest BCUT2D eigenvalue weighted by molar-refractivity contribution is 9.10. The number of ether oxygens (including phenoxy) is 2. The second-order valence-corrected chi connectivity index (χ2v) is 9.40. The molecule has 2 aromatic rings. The fourth-order valence-electron chi connectivity index (χ4n) is 2.49. The highest BCUT2D eigenvalue weighted by Crippen LogP contribution is 2.35. The highest BCUT2D eigenvalue weighted by atomic mass is 79.9. The predicted octanol–water partition coefficient (Wildman–Crippen LogP) is 3.34. The predicted molar refractivity (Wildman–Crippen MR) is 121 cm³/mol. The maximum Gasteiger partial charge on any atom is 0.260 e. The smallest absolute Gasteiger partial charge is 0.260 e. The Bertz CT molecular complexity index is 1080. The van der Waals surface area contributed by atoms with Crippen molar-refractivity contribution in [3.8, 4) is 11.5 Å². The van der Waals surface area contributed by atoms with Gasteiger partial charge in [0, 0.05) is 5.02 Å². The van der Waals surface area contributed by atoms with Crippen molar-refractivity contribution >= 4 is 55.4 Å². The standard InChI is InChI=1S/C19H21BrClN3O5S/c1-12-5-6-14(9-16(12)21)24(30(4,26)27)11-18(25)23-22-10-13-7-15(20)19(29-3)17(8-13)28-2/h5-10H,11H2,1-4H3,(H,23,25)/b22-10-. The maximum atomic E-state index is 12.3. The van der Waals surface area contributed by atoms with Crippen LogP contribution in [-0.2, 0) is 14.8 Å². The summed E-state index contributed by atoms with van der Waals surface area (Å²) in [4.78, 5) is 12.3. The molecule has 0 aliphatic rings. The second-order valence-electron chi connectivity index (χ2n) is 6.23. The maximum absolute atomic E-state index is 12.3. The average Bonchev–Trinajstić information content (AvgIpc) is 2.67. The molecule has 0 unspecified atom stereocenters. The third-order valence-electron chi connectivity index (χ3n) is 3.99. The Labute approximate surface area is 189 Å². The van der Waals surface area contributed by atoms with Crippen LogP contribution in [0, 0.1) is 6.92 Å². The summed E-state index contributed by atoms with van der Waals surface area (Å²) in [6.45, 7) is 1.34. The quantitative estimate of drug-likeness (QED) is 0.427. The first kappa shape index (κ1) is 24.0. The van der Waals surface area contributed by atoms with E-state index in [0.29, 0.717) is 26.6 Å². The van der Waals surface area contributed by atoms with Crippen molar-refractivity contribution < 1.29 is 22.7 Å². The lowest BCUT2D eigenvalue weighted by Gasteiger charge is -2.21. The van der Waals surface area contributed by atoms with E-state index in [-0.39, 0.29) is 5.69 Å².